The lowest BCUT2D eigenvalue weighted by atomic mass is 9.72. The van der Waals surface area contributed by atoms with E-state index in [4.69, 9.17) is 11.6 Å². The molecule has 0 amide bonds. The molecule has 0 aliphatic heterocycles. The number of rotatable bonds is 3. The first-order chi connectivity index (χ1) is 8.48. The molecule has 0 saturated heterocycles. The van der Waals surface area contributed by atoms with Crippen LogP contribution in [0.15, 0.2) is 0 Å². The molecule has 0 spiro atoms. The van der Waals surface area contributed by atoms with Crippen molar-refractivity contribution in [3.63, 3.8) is 0 Å². The van der Waals surface area contributed by atoms with E-state index in [0.29, 0.717) is 17.4 Å². The van der Waals surface area contributed by atoms with E-state index in [2.05, 4.69) is 12.0 Å². The molecule has 3 nitrogen and oxygen atoms in total. The monoisotopic (exact) mass is 270 g/mol. The molecule has 1 aliphatic rings. The molecule has 1 saturated carbocycles. The molecule has 1 N–H and O–H groups in total. The number of aryl methyl sites for hydroxylation is 2. The van der Waals surface area contributed by atoms with Gasteiger partial charge in [-0.25, -0.2) is 0 Å². The van der Waals surface area contributed by atoms with Crippen LogP contribution in [-0.4, -0.2) is 20.5 Å². The summed E-state index contributed by atoms with van der Waals surface area (Å²) in [6.07, 6.45) is 6.01. The molecule has 1 aromatic rings. The standard InChI is InChI=1S/C14H23ClN2O/c1-4-11-7-5-6-8-14(11,18)9-12-13(15)10(2)16-17(12)3/h11,18H,4-9H2,1-3H3. The van der Waals surface area contributed by atoms with Crippen LogP contribution >= 0.6 is 11.6 Å². The Bertz CT molecular complexity index is 430. The second kappa shape index (κ2) is 5.22. The van der Waals surface area contributed by atoms with Gasteiger partial charge in [-0.2, -0.15) is 5.10 Å². The van der Waals surface area contributed by atoms with Crippen LogP contribution in [0.2, 0.25) is 5.02 Å². The lowest BCUT2D eigenvalue weighted by Gasteiger charge is -2.40. The third-order valence-electron chi connectivity index (χ3n) is 4.40. The molecule has 0 radical (unpaired) electrons. The molecule has 18 heavy (non-hydrogen) atoms. The maximum Gasteiger partial charge on any atom is 0.0848 e. The summed E-state index contributed by atoms with van der Waals surface area (Å²) in [6.45, 7) is 4.07. The van der Waals surface area contributed by atoms with Crippen molar-refractivity contribution in [2.45, 2.75) is 58.0 Å². The van der Waals surface area contributed by atoms with Crippen LogP contribution in [0.25, 0.3) is 0 Å². The predicted molar refractivity (Wildman–Crippen MR) is 73.9 cm³/mol. The zero-order valence-corrected chi connectivity index (χ0v) is 12.3. The van der Waals surface area contributed by atoms with Gasteiger partial charge in [-0.05, 0) is 25.7 Å². The van der Waals surface area contributed by atoms with Gasteiger partial charge in [-0.15, -0.1) is 0 Å². The van der Waals surface area contributed by atoms with Gasteiger partial charge in [0.15, 0.2) is 0 Å². The summed E-state index contributed by atoms with van der Waals surface area (Å²) >= 11 is 6.29. The van der Waals surface area contributed by atoms with Gasteiger partial charge in [0, 0.05) is 13.5 Å². The minimum atomic E-state index is -0.600. The summed E-state index contributed by atoms with van der Waals surface area (Å²) in [5.74, 6) is 0.387. The normalized spacial score (nSPS) is 28.6. The van der Waals surface area contributed by atoms with Crippen molar-refractivity contribution in [1.29, 1.82) is 0 Å². The molecule has 102 valence electrons. The fourth-order valence-electron chi connectivity index (χ4n) is 3.27. The zero-order chi connectivity index (χ0) is 13.3. The number of halogens is 1. The lowest BCUT2D eigenvalue weighted by molar-refractivity contribution is -0.0503. The minimum Gasteiger partial charge on any atom is -0.389 e. The van der Waals surface area contributed by atoms with Crippen LogP contribution < -0.4 is 0 Å². The molecule has 0 bridgehead atoms. The summed E-state index contributed by atoms with van der Waals surface area (Å²) in [5.41, 5.74) is 1.22. The van der Waals surface area contributed by atoms with E-state index < -0.39 is 5.60 Å². The van der Waals surface area contributed by atoms with Crippen molar-refractivity contribution in [3.8, 4) is 0 Å². The first-order valence-corrected chi connectivity index (χ1v) is 7.26. The Hall–Kier alpha value is -0.540. The highest BCUT2D eigenvalue weighted by Crippen LogP contribution is 2.39. The molecule has 0 aromatic carbocycles. The van der Waals surface area contributed by atoms with E-state index >= 15 is 0 Å². The van der Waals surface area contributed by atoms with E-state index in [1.54, 1.807) is 0 Å². The fourth-order valence-corrected chi connectivity index (χ4v) is 3.50. The Morgan fingerprint density at radius 2 is 2.22 bits per heavy atom. The molecule has 1 fully saturated rings. The maximum atomic E-state index is 10.9. The van der Waals surface area contributed by atoms with Gasteiger partial charge in [0.05, 0.1) is 22.0 Å². The van der Waals surface area contributed by atoms with Crippen LogP contribution in [0, 0.1) is 12.8 Å². The van der Waals surface area contributed by atoms with Crippen LogP contribution in [0.3, 0.4) is 0 Å². The Morgan fingerprint density at radius 1 is 1.50 bits per heavy atom. The first kappa shape index (κ1) is 13.9. The smallest absolute Gasteiger partial charge is 0.0848 e. The van der Waals surface area contributed by atoms with Crippen molar-refractivity contribution in [3.05, 3.63) is 16.4 Å². The number of aromatic nitrogens is 2. The number of hydrogen-bond donors (Lipinski definition) is 1. The second-order valence-electron chi connectivity index (χ2n) is 5.60. The van der Waals surface area contributed by atoms with Crippen LogP contribution in [0.5, 0.6) is 0 Å². The fraction of sp³-hybridized carbons (Fsp3) is 0.786. The molecule has 4 heteroatoms. The van der Waals surface area contributed by atoms with E-state index in [-0.39, 0.29) is 0 Å². The van der Waals surface area contributed by atoms with Gasteiger partial charge in [0.2, 0.25) is 0 Å². The molecule has 1 aromatic heterocycles. The van der Waals surface area contributed by atoms with Crippen molar-refractivity contribution >= 4 is 11.6 Å². The van der Waals surface area contributed by atoms with Gasteiger partial charge in [0.1, 0.15) is 0 Å². The average molecular weight is 271 g/mol. The van der Waals surface area contributed by atoms with Crippen LogP contribution in [-0.2, 0) is 13.5 Å². The maximum absolute atomic E-state index is 10.9. The summed E-state index contributed by atoms with van der Waals surface area (Å²) < 4.78 is 1.82. The quantitative estimate of drug-likeness (QED) is 0.916. The Morgan fingerprint density at radius 3 is 2.78 bits per heavy atom. The van der Waals surface area contributed by atoms with Crippen molar-refractivity contribution in [2.75, 3.05) is 0 Å². The molecule has 2 rings (SSSR count). The Balaban J connectivity index is 2.25. The highest BCUT2D eigenvalue weighted by atomic mass is 35.5. The SMILES string of the molecule is CCC1CCCCC1(O)Cc1c(Cl)c(C)nn1C. The van der Waals surface area contributed by atoms with Gasteiger partial charge in [0.25, 0.3) is 0 Å². The van der Waals surface area contributed by atoms with Crippen molar-refractivity contribution < 1.29 is 5.11 Å². The van der Waals surface area contributed by atoms with Crippen molar-refractivity contribution in [1.82, 2.24) is 9.78 Å². The van der Waals surface area contributed by atoms with Gasteiger partial charge < -0.3 is 5.11 Å². The number of aliphatic hydroxyl groups is 1. The Kier molecular flexibility index (Phi) is 4.02. The van der Waals surface area contributed by atoms with E-state index in [9.17, 15) is 5.11 Å². The highest BCUT2D eigenvalue weighted by Gasteiger charge is 2.39. The lowest BCUT2D eigenvalue weighted by Crippen LogP contribution is -2.43. The summed E-state index contributed by atoms with van der Waals surface area (Å²) in [5, 5.41) is 16.0. The summed E-state index contributed by atoms with van der Waals surface area (Å²) in [6, 6.07) is 0. The number of nitrogens with zero attached hydrogens (tertiary/aromatic N) is 2. The third kappa shape index (κ3) is 2.43. The van der Waals surface area contributed by atoms with Gasteiger partial charge in [-0.1, -0.05) is 37.8 Å². The molecule has 2 atom stereocenters. The van der Waals surface area contributed by atoms with Crippen LogP contribution in [0.1, 0.15) is 50.4 Å². The Labute approximate surface area is 114 Å². The first-order valence-electron chi connectivity index (χ1n) is 6.88. The minimum absolute atomic E-state index is 0.387. The topological polar surface area (TPSA) is 38.1 Å². The zero-order valence-electron chi connectivity index (χ0n) is 11.5. The van der Waals surface area contributed by atoms with Gasteiger partial charge >= 0.3 is 0 Å². The number of hydrogen-bond acceptors (Lipinski definition) is 2. The van der Waals surface area contributed by atoms with E-state index in [1.807, 2.05) is 18.7 Å². The largest absolute Gasteiger partial charge is 0.389 e. The molecule has 1 aliphatic carbocycles. The molecular weight excluding hydrogens is 248 g/mol. The molecular formula is C14H23ClN2O. The van der Waals surface area contributed by atoms with Crippen molar-refractivity contribution in [2.24, 2.45) is 13.0 Å². The highest BCUT2D eigenvalue weighted by molar-refractivity contribution is 6.31. The molecule has 1 heterocycles. The predicted octanol–water partition coefficient (Wildman–Crippen LogP) is 3.26. The summed E-state index contributed by atoms with van der Waals surface area (Å²) in [7, 11) is 1.90. The van der Waals surface area contributed by atoms with E-state index in [0.717, 1.165) is 37.1 Å². The average Bonchev–Trinajstić information content (AvgIpc) is 2.56. The third-order valence-corrected chi connectivity index (χ3v) is 4.89. The summed E-state index contributed by atoms with van der Waals surface area (Å²) in [4.78, 5) is 0. The second-order valence-corrected chi connectivity index (χ2v) is 5.98. The van der Waals surface area contributed by atoms with E-state index in [1.165, 1.54) is 6.42 Å². The molecule has 2 unspecified atom stereocenters. The van der Waals surface area contributed by atoms with Crippen LogP contribution in [0.4, 0.5) is 0 Å². The van der Waals surface area contributed by atoms with Gasteiger partial charge in [-0.3, -0.25) is 4.68 Å².